The van der Waals surface area contributed by atoms with Gasteiger partial charge in [0.1, 0.15) is 17.3 Å². The van der Waals surface area contributed by atoms with Crippen LogP contribution in [0.3, 0.4) is 0 Å². The van der Waals surface area contributed by atoms with Crippen LogP contribution in [0.1, 0.15) is 45.1 Å². The van der Waals surface area contributed by atoms with Gasteiger partial charge in [0.2, 0.25) is 0 Å². The van der Waals surface area contributed by atoms with E-state index in [4.69, 9.17) is 19.6 Å². The van der Waals surface area contributed by atoms with Crippen molar-refractivity contribution < 1.29 is 23.5 Å². The van der Waals surface area contributed by atoms with Crippen molar-refractivity contribution in [3.63, 3.8) is 0 Å². The van der Waals surface area contributed by atoms with Crippen LogP contribution in [0.25, 0.3) is 27.8 Å². The van der Waals surface area contributed by atoms with E-state index in [-0.39, 0.29) is 12.5 Å². The standard InChI is InChI=1S/C36H43FN4O4/c1-7-27(16-17-42)23-40(21-24(2)33-14-8-26(4)45-33)22-25(3)41(37)31-12-9-28(10-13-31)32-18-30(20-39-36(32)38)29-11-15-34(43-5)35(19-29)44-6/h8-15,18-22,27,42H,7,16-17,23H2,1-6H3,(H2,38,39)/b24-21+,25-22+. The first-order valence-electron chi connectivity index (χ1n) is 15.0. The lowest BCUT2D eigenvalue weighted by Crippen LogP contribution is -2.23. The number of nitrogens with two attached hydrogens (primary N) is 1. The molecule has 8 nitrogen and oxygen atoms in total. The van der Waals surface area contributed by atoms with Gasteiger partial charge in [-0.3, -0.25) is 0 Å². The van der Waals surface area contributed by atoms with Gasteiger partial charge in [-0.25, -0.2) is 4.98 Å². The number of allylic oxidation sites excluding steroid dienone is 2. The molecular formula is C36H43FN4O4. The Balaban J connectivity index is 1.59. The molecule has 0 spiro atoms. The Bertz CT molecular complexity index is 1630. The Morgan fingerprint density at radius 2 is 1.69 bits per heavy atom. The van der Waals surface area contributed by atoms with Crippen LogP contribution in [0.2, 0.25) is 0 Å². The average Bonchev–Trinajstić information content (AvgIpc) is 3.50. The molecule has 1 atom stereocenters. The average molecular weight is 615 g/mol. The van der Waals surface area contributed by atoms with Crippen molar-refractivity contribution in [3.05, 3.63) is 96.5 Å². The molecule has 0 aliphatic carbocycles. The third kappa shape index (κ3) is 8.25. The Morgan fingerprint density at radius 1 is 0.978 bits per heavy atom. The van der Waals surface area contributed by atoms with E-state index >= 15 is 4.48 Å². The molecule has 0 saturated heterocycles. The lowest BCUT2D eigenvalue weighted by Gasteiger charge is -2.25. The number of nitrogens with zero attached hydrogens (tertiary/aromatic N) is 3. The topological polar surface area (TPSA) is 97.2 Å². The lowest BCUT2D eigenvalue weighted by molar-refractivity contribution is 0.237. The number of ether oxygens (including phenoxy) is 2. The van der Waals surface area contributed by atoms with Crippen molar-refractivity contribution in [3.8, 4) is 33.8 Å². The fraction of sp³-hybridized carbons (Fsp3) is 0.306. The summed E-state index contributed by atoms with van der Waals surface area (Å²) in [5, 5.41) is 10.2. The summed E-state index contributed by atoms with van der Waals surface area (Å²) >= 11 is 0. The predicted octanol–water partition coefficient (Wildman–Crippen LogP) is 8.24. The maximum Gasteiger partial charge on any atom is 0.161 e. The molecule has 2 aromatic carbocycles. The van der Waals surface area contributed by atoms with E-state index in [2.05, 4.69) is 11.9 Å². The molecule has 0 aliphatic rings. The third-order valence-corrected chi connectivity index (χ3v) is 7.77. The smallest absolute Gasteiger partial charge is 0.161 e. The van der Waals surface area contributed by atoms with E-state index in [1.165, 1.54) is 0 Å². The highest BCUT2D eigenvalue weighted by molar-refractivity contribution is 5.80. The molecule has 4 rings (SSSR count). The van der Waals surface area contributed by atoms with E-state index in [1.54, 1.807) is 45.7 Å². The second-order valence-electron chi connectivity index (χ2n) is 11.0. The third-order valence-electron chi connectivity index (χ3n) is 7.77. The Kier molecular flexibility index (Phi) is 11.3. The molecule has 2 heterocycles. The van der Waals surface area contributed by atoms with E-state index in [9.17, 15) is 5.11 Å². The number of aromatic nitrogens is 1. The minimum absolute atomic E-state index is 0.105. The predicted molar refractivity (Wildman–Crippen MR) is 179 cm³/mol. The summed E-state index contributed by atoms with van der Waals surface area (Å²) in [5.41, 5.74) is 11.3. The summed E-state index contributed by atoms with van der Waals surface area (Å²) in [4.78, 5) is 6.39. The number of nitrogen functional groups attached to an aromatic ring is 1. The van der Waals surface area contributed by atoms with Gasteiger partial charge in [0.25, 0.3) is 0 Å². The molecule has 0 amide bonds. The molecule has 4 aromatic rings. The number of anilines is 2. The second-order valence-corrected chi connectivity index (χ2v) is 11.0. The summed E-state index contributed by atoms with van der Waals surface area (Å²) in [6, 6.07) is 18.6. The minimum atomic E-state index is 0.105. The van der Waals surface area contributed by atoms with Crippen LogP contribution in [0.15, 0.2) is 89.4 Å². The van der Waals surface area contributed by atoms with Crippen molar-refractivity contribution in [1.82, 2.24) is 9.88 Å². The lowest BCUT2D eigenvalue weighted by atomic mass is 10.0. The molecule has 2 aromatic heterocycles. The number of halogens is 1. The largest absolute Gasteiger partial charge is 0.493 e. The first-order chi connectivity index (χ1) is 21.7. The van der Waals surface area contributed by atoms with Crippen LogP contribution in [0.4, 0.5) is 16.0 Å². The summed E-state index contributed by atoms with van der Waals surface area (Å²) in [7, 11) is 3.19. The van der Waals surface area contributed by atoms with Crippen molar-refractivity contribution >= 4 is 17.1 Å². The molecule has 0 bridgehead atoms. The second kappa shape index (κ2) is 15.3. The molecule has 0 aliphatic heterocycles. The number of hydrogen-bond donors (Lipinski definition) is 2. The van der Waals surface area contributed by atoms with E-state index in [0.29, 0.717) is 46.8 Å². The zero-order chi connectivity index (χ0) is 32.5. The normalized spacial score (nSPS) is 12.6. The van der Waals surface area contributed by atoms with Crippen LogP contribution in [-0.2, 0) is 0 Å². The van der Waals surface area contributed by atoms with Crippen molar-refractivity contribution in [2.45, 2.75) is 40.5 Å². The number of aliphatic hydroxyl groups is 1. The van der Waals surface area contributed by atoms with Crippen molar-refractivity contribution in [2.24, 2.45) is 5.92 Å². The van der Waals surface area contributed by atoms with Gasteiger partial charge in [-0.1, -0.05) is 36.0 Å². The van der Waals surface area contributed by atoms with Crippen LogP contribution >= 0.6 is 0 Å². The summed E-state index contributed by atoms with van der Waals surface area (Å²) < 4.78 is 32.4. The molecular weight excluding hydrogens is 571 g/mol. The van der Waals surface area contributed by atoms with Gasteiger partial charge in [0.05, 0.1) is 25.6 Å². The Hall–Kier alpha value is -4.76. The number of furan rings is 1. The van der Waals surface area contributed by atoms with Gasteiger partial charge >= 0.3 is 0 Å². The van der Waals surface area contributed by atoms with Crippen LogP contribution in [0.5, 0.6) is 11.5 Å². The number of methoxy groups -OCH3 is 2. The van der Waals surface area contributed by atoms with Gasteiger partial charge in [-0.2, -0.15) is 5.12 Å². The molecule has 0 fully saturated rings. The highest BCUT2D eigenvalue weighted by Gasteiger charge is 2.15. The monoisotopic (exact) mass is 614 g/mol. The van der Waals surface area contributed by atoms with Crippen LogP contribution in [-0.4, -0.2) is 42.4 Å². The van der Waals surface area contributed by atoms with Gasteiger partial charge < -0.3 is 29.6 Å². The molecule has 0 saturated carbocycles. The maximum absolute atomic E-state index is 15.8. The molecule has 45 heavy (non-hydrogen) atoms. The number of rotatable bonds is 14. The molecule has 238 valence electrons. The Morgan fingerprint density at radius 3 is 2.31 bits per heavy atom. The quantitative estimate of drug-likeness (QED) is 0.137. The number of benzene rings is 2. The first kappa shape index (κ1) is 33.1. The summed E-state index contributed by atoms with van der Waals surface area (Å²) in [6.45, 7) is 8.42. The fourth-order valence-corrected chi connectivity index (χ4v) is 5.15. The van der Waals surface area contributed by atoms with E-state index in [1.807, 2.05) is 73.5 Å². The number of pyridine rings is 1. The zero-order valence-corrected chi connectivity index (χ0v) is 26.9. The SMILES string of the molecule is CCC(CCO)CN(/C=C(\C)c1ccc(C)o1)/C=C(\C)N(F)c1ccc(-c2cc(-c3ccc(OC)c(OC)c3)cnc2N)cc1. The van der Waals surface area contributed by atoms with E-state index < -0.39 is 0 Å². The number of hydrogen-bond acceptors (Lipinski definition) is 8. The molecule has 0 radical (unpaired) electrons. The van der Waals surface area contributed by atoms with E-state index in [0.717, 1.165) is 45.8 Å². The Labute approximate surface area is 265 Å². The zero-order valence-electron chi connectivity index (χ0n) is 26.9. The summed E-state index contributed by atoms with van der Waals surface area (Å²) in [5.74, 6) is 3.45. The highest BCUT2D eigenvalue weighted by atomic mass is 19.2. The molecule has 3 N–H and O–H groups in total. The van der Waals surface area contributed by atoms with Gasteiger partial charge in [-0.05, 0) is 86.7 Å². The molecule has 1 unspecified atom stereocenters. The van der Waals surface area contributed by atoms with Gasteiger partial charge in [0.15, 0.2) is 11.5 Å². The van der Waals surface area contributed by atoms with Crippen molar-refractivity contribution in [1.29, 1.82) is 0 Å². The maximum atomic E-state index is 15.8. The number of aryl methyl sites for hydroxylation is 1. The minimum Gasteiger partial charge on any atom is -0.493 e. The number of aliphatic hydroxyl groups excluding tert-OH is 1. The van der Waals surface area contributed by atoms with Crippen LogP contribution in [0, 0.1) is 12.8 Å². The van der Waals surface area contributed by atoms with Gasteiger partial charge in [0, 0.05) is 48.4 Å². The van der Waals surface area contributed by atoms with Crippen LogP contribution < -0.4 is 20.3 Å². The first-order valence-corrected chi connectivity index (χ1v) is 15.0. The highest BCUT2D eigenvalue weighted by Crippen LogP contribution is 2.35. The fourth-order valence-electron chi connectivity index (χ4n) is 5.15. The summed E-state index contributed by atoms with van der Waals surface area (Å²) in [6.07, 6.45) is 7.01. The molecule has 9 heteroatoms. The van der Waals surface area contributed by atoms with Crippen molar-refractivity contribution in [2.75, 3.05) is 38.2 Å². The van der Waals surface area contributed by atoms with Gasteiger partial charge in [-0.15, -0.1) is 0 Å².